The predicted octanol–water partition coefficient (Wildman–Crippen LogP) is 2.41. The molecule has 2 aromatic heterocycles. The minimum Gasteiger partial charge on any atom is -0.431 e. The van der Waals surface area contributed by atoms with Crippen LogP contribution in [0.5, 0.6) is 5.75 Å². The van der Waals surface area contributed by atoms with Gasteiger partial charge in [0.15, 0.2) is 16.6 Å². The van der Waals surface area contributed by atoms with E-state index in [4.69, 9.17) is 0 Å². The van der Waals surface area contributed by atoms with Gasteiger partial charge >= 0.3 is 6.61 Å². The molecule has 0 unspecified atom stereocenters. The fraction of sp³-hybridized carbons (Fsp3) is 0.385. The maximum atomic E-state index is 12.5. The molecule has 0 radical (unpaired) electrons. The van der Waals surface area contributed by atoms with Gasteiger partial charge in [0.05, 0.1) is 12.2 Å². The fourth-order valence-electron chi connectivity index (χ4n) is 2.26. The number of hydrogen-bond acceptors (Lipinski definition) is 5. The number of sulfonamides is 1. The van der Waals surface area contributed by atoms with Crippen LogP contribution in [0.25, 0.3) is 0 Å². The van der Waals surface area contributed by atoms with E-state index in [9.17, 15) is 17.2 Å². The third-order valence-electron chi connectivity index (χ3n) is 3.55. The quantitative estimate of drug-likeness (QED) is 0.870. The van der Waals surface area contributed by atoms with Gasteiger partial charge in [-0.05, 0) is 37.5 Å². The summed E-state index contributed by atoms with van der Waals surface area (Å²) in [6.07, 6.45) is 5.40. The van der Waals surface area contributed by atoms with Gasteiger partial charge < -0.3 is 4.74 Å². The highest BCUT2D eigenvalue weighted by Gasteiger charge is 2.28. The molecule has 1 fully saturated rings. The number of pyridine rings is 1. The summed E-state index contributed by atoms with van der Waals surface area (Å²) in [5.74, 6) is -0.644. The summed E-state index contributed by atoms with van der Waals surface area (Å²) in [5.41, 5.74) is 0. The van der Waals surface area contributed by atoms with E-state index in [-0.39, 0.29) is 22.6 Å². The van der Waals surface area contributed by atoms with Crippen LogP contribution in [0.15, 0.2) is 35.6 Å². The Morgan fingerprint density at radius 3 is 2.74 bits per heavy atom. The summed E-state index contributed by atoms with van der Waals surface area (Å²) in [6, 6.07) is 3.98. The lowest BCUT2D eigenvalue weighted by Gasteiger charge is -2.27. The third kappa shape index (κ3) is 3.26. The van der Waals surface area contributed by atoms with E-state index in [0.717, 1.165) is 19.3 Å². The second kappa shape index (κ2) is 6.11. The van der Waals surface area contributed by atoms with Crippen LogP contribution in [-0.4, -0.2) is 29.8 Å². The average molecular weight is 344 g/mol. The van der Waals surface area contributed by atoms with Crippen LogP contribution in [0.3, 0.4) is 0 Å². The van der Waals surface area contributed by atoms with Crippen LogP contribution in [0, 0.1) is 0 Å². The van der Waals surface area contributed by atoms with Gasteiger partial charge in [-0.15, -0.1) is 0 Å². The first-order valence-electron chi connectivity index (χ1n) is 6.93. The largest absolute Gasteiger partial charge is 0.431 e. The molecule has 1 N–H and O–H groups in total. The zero-order chi connectivity index (χ0) is 16.4. The molecule has 3 rings (SSSR count). The molecule has 1 aliphatic carbocycles. The Kier molecular flexibility index (Phi) is 4.16. The van der Waals surface area contributed by atoms with Crippen molar-refractivity contribution < 1.29 is 21.9 Å². The fourth-order valence-corrected chi connectivity index (χ4v) is 3.45. The third-order valence-corrected chi connectivity index (χ3v) is 4.88. The standard InChI is InChI=1S/C13H14F2N4O3S/c14-13(15)22-10-5-2-7-16-12(10)18-23(20,21)11-6-8-17-19(11)9-3-1-4-9/h2,5-9,13H,1,3-4H2,(H,16,18). The summed E-state index contributed by atoms with van der Waals surface area (Å²) in [4.78, 5) is 3.76. The Bertz CT molecular complexity index is 790. The van der Waals surface area contributed by atoms with Crippen LogP contribution < -0.4 is 9.46 Å². The van der Waals surface area contributed by atoms with E-state index in [1.165, 1.54) is 35.3 Å². The molecule has 23 heavy (non-hydrogen) atoms. The lowest BCUT2D eigenvalue weighted by Crippen LogP contribution is -2.25. The van der Waals surface area contributed by atoms with Crippen LogP contribution in [-0.2, 0) is 10.0 Å². The van der Waals surface area contributed by atoms with Gasteiger partial charge in [-0.2, -0.15) is 22.3 Å². The second-order valence-electron chi connectivity index (χ2n) is 5.03. The van der Waals surface area contributed by atoms with E-state index in [0.29, 0.717) is 0 Å². The Labute approximate surface area is 131 Å². The van der Waals surface area contributed by atoms with Gasteiger partial charge in [0.1, 0.15) is 0 Å². The van der Waals surface area contributed by atoms with Crippen molar-refractivity contribution in [2.45, 2.75) is 36.9 Å². The van der Waals surface area contributed by atoms with Crippen molar-refractivity contribution in [2.75, 3.05) is 4.72 Å². The molecule has 1 saturated carbocycles. The molecule has 0 aromatic carbocycles. The van der Waals surface area contributed by atoms with Crippen molar-refractivity contribution in [3.63, 3.8) is 0 Å². The van der Waals surface area contributed by atoms with Crippen molar-refractivity contribution in [1.29, 1.82) is 0 Å². The van der Waals surface area contributed by atoms with Gasteiger partial charge in [0.25, 0.3) is 10.0 Å². The molecule has 0 saturated heterocycles. The smallest absolute Gasteiger partial charge is 0.387 e. The molecule has 0 amide bonds. The average Bonchev–Trinajstić information content (AvgIpc) is 2.88. The first-order chi connectivity index (χ1) is 11.0. The summed E-state index contributed by atoms with van der Waals surface area (Å²) < 4.78 is 57.7. The van der Waals surface area contributed by atoms with Gasteiger partial charge in [-0.1, -0.05) is 0 Å². The number of ether oxygens (including phenoxy) is 1. The molecule has 2 heterocycles. The molecule has 0 aliphatic heterocycles. The number of nitrogens with zero attached hydrogens (tertiary/aromatic N) is 3. The van der Waals surface area contributed by atoms with Crippen molar-refractivity contribution in [3.8, 4) is 5.75 Å². The molecular weight excluding hydrogens is 330 g/mol. The van der Waals surface area contributed by atoms with E-state index in [1.807, 2.05) is 0 Å². The molecule has 7 nitrogen and oxygen atoms in total. The minimum atomic E-state index is -4.02. The van der Waals surface area contributed by atoms with Crippen LogP contribution in [0.2, 0.25) is 0 Å². The van der Waals surface area contributed by atoms with Gasteiger partial charge in [0, 0.05) is 6.20 Å². The van der Waals surface area contributed by atoms with Gasteiger partial charge in [-0.25, -0.2) is 9.67 Å². The molecule has 124 valence electrons. The van der Waals surface area contributed by atoms with E-state index in [1.54, 1.807) is 0 Å². The van der Waals surface area contributed by atoms with Crippen molar-refractivity contribution >= 4 is 15.8 Å². The molecule has 1 aliphatic rings. The number of anilines is 1. The SMILES string of the molecule is O=S(=O)(Nc1ncccc1OC(F)F)c1ccnn1C1CCC1. The minimum absolute atomic E-state index is 0.0316. The number of rotatable bonds is 6. The maximum Gasteiger partial charge on any atom is 0.387 e. The van der Waals surface area contributed by atoms with E-state index < -0.39 is 16.6 Å². The Morgan fingerprint density at radius 1 is 1.30 bits per heavy atom. The van der Waals surface area contributed by atoms with Crippen molar-refractivity contribution in [3.05, 3.63) is 30.6 Å². The molecule has 0 bridgehead atoms. The highest BCUT2D eigenvalue weighted by Crippen LogP contribution is 2.33. The van der Waals surface area contributed by atoms with Crippen LogP contribution in [0.1, 0.15) is 25.3 Å². The number of nitrogens with one attached hydrogen (secondary N) is 1. The Morgan fingerprint density at radius 2 is 2.09 bits per heavy atom. The zero-order valence-corrected chi connectivity index (χ0v) is 12.7. The number of halogens is 2. The molecule has 0 spiro atoms. The summed E-state index contributed by atoms with van der Waals surface area (Å²) >= 11 is 0. The second-order valence-corrected chi connectivity index (χ2v) is 6.66. The summed E-state index contributed by atoms with van der Waals surface area (Å²) in [5, 5.41) is 4.01. The van der Waals surface area contributed by atoms with Gasteiger partial charge in [0.2, 0.25) is 0 Å². The topological polar surface area (TPSA) is 86.1 Å². The Balaban J connectivity index is 1.89. The number of hydrogen-bond donors (Lipinski definition) is 1. The van der Waals surface area contributed by atoms with E-state index in [2.05, 4.69) is 19.5 Å². The lowest BCUT2D eigenvalue weighted by atomic mass is 9.93. The first-order valence-corrected chi connectivity index (χ1v) is 8.42. The van der Waals surface area contributed by atoms with E-state index >= 15 is 0 Å². The van der Waals surface area contributed by atoms with Crippen LogP contribution >= 0.6 is 0 Å². The summed E-state index contributed by atoms with van der Waals surface area (Å²) in [7, 11) is -4.02. The number of aromatic nitrogens is 3. The van der Waals surface area contributed by atoms with Gasteiger partial charge in [-0.3, -0.25) is 4.72 Å². The number of alkyl halides is 2. The van der Waals surface area contributed by atoms with Crippen molar-refractivity contribution in [2.24, 2.45) is 0 Å². The zero-order valence-electron chi connectivity index (χ0n) is 11.9. The summed E-state index contributed by atoms with van der Waals surface area (Å²) in [6.45, 7) is -3.08. The highest BCUT2D eigenvalue weighted by atomic mass is 32.2. The normalized spacial score (nSPS) is 15.4. The molecule has 10 heteroatoms. The molecule has 0 atom stereocenters. The maximum absolute atomic E-state index is 12.5. The van der Waals surface area contributed by atoms with Crippen molar-refractivity contribution in [1.82, 2.24) is 14.8 Å². The highest BCUT2D eigenvalue weighted by molar-refractivity contribution is 7.92. The Hall–Kier alpha value is -2.23. The molecule has 2 aromatic rings. The van der Waals surface area contributed by atoms with Crippen LogP contribution in [0.4, 0.5) is 14.6 Å². The lowest BCUT2D eigenvalue weighted by molar-refractivity contribution is -0.0495. The first kappa shape index (κ1) is 15.7. The monoisotopic (exact) mass is 344 g/mol. The predicted molar refractivity (Wildman–Crippen MR) is 76.8 cm³/mol. The molecular formula is C13H14F2N4O3S.